The number of halogens is 1. The number of amides is 2. The molecule has 3 aromatic rings. The van der Waals surface area contributed by atoms with Gasteiger partial charge in [-0.05, 0) is 48.7 Å². The molecule has 0 fully saturated rings. The van der Waals surface area contributed by atoms with E-state index in [9.17, 15) is 9.59 Å². The SMILES string of the molecule is CC[C@@H](C)NC(=O)c1ccccc1NC(=O)/C(=C/c1ccccc1Cl)c1ccccc1. The maximum atomic E-state index is 13.3. The first-order valence-corrected chi connectivity index (χ1v) is 10.6. The number of anilines is 1. The summed E-state index contributed by atoms with van der Waals surface area (Å²) in [7, 11) is 0. The van der Waals surface area contributed by atoms with Crippen LogP contribution >= 0.6 is 11.6 Å². The topological polar surface area (TPSA) is 58.2 Å². The highest BCUT2D eigenvalue weighted by Crippen LogP contribution is 2.25. The van der Waals surface area contributed by atoms with E-state index >= 15 is 0 Å². The van der Waals surface area contributed by atoms with E-state index in [-0.39, 0.29) is 17.9 Å². The number of hydrogen-bond acceptors (Lipinski definition) is 2. The van der Waals surface area contributed by atoms with Crippen molar-refractivity contribution < 1.29 is 9.59 Å². The highest BCUT2D eigenvalue weighted by molar-refractivity contribution is 6.34. The fourth-order valence-electron chi connectivity index (χ4n) is 3.03. The van der Waals surface area contributed by atoms with Crippen molar-refractivity contribution in [3.05, 3.63) is 101 Å². The normalized spacial score (nSPS) is 12.2. The number of rotatable bonds is 7. The lowest BCUT2D eigenvalue weighted by Crippen LogP contribution is -2.32. The molecule has 5 heteroatoms. The summed E-state index contributed by atoms with van der Waals surface area (Å²) in [5, 5.41) is 6.41. The summed E-state index contributed by atoms with van der Waals surface area (Å²) in [6, 6.07) is 23.7. The average molecular weight is 433 g/mol. The van der Waals surface area contributed by atoms with Crippen molar-refractivity contribution >= 4 is 40.8 Å². The van der Waals surface area contributed by atoms with Crippen LogP contribution in [-0.2, 0) is 4.79 Å². The third-order valence-electron chi connectivity index (χ3n) is 4.94. The van der Waals surface area contributed by atoms with Gasteiger partial charge in [0.1, 0.15) is 0 Å². The highest BCUT2D eigenvalue weighted by Gasteiger charge is 2.18. The smallest absolute Gasteiger partial charge is 0.256 e. The van der Waals surface area contributed by atoms with Crippen molar-refractivity contribution in [2.24, 2.45) is 0 Å². The molecule has 0 saturated carbocycles. The lowest BCUT2D eigenvalue weighted by Gasteiger charge is -2.16. The molecule has 0 spiro atoms. The second-order valence-electron chi connectivity index (χ2n) is 7.23. The van der Waals surface area contributed by atoms with Gasteiger partial charge in [0.25, 0.3) is 11.8 Å². The van der Waals surface area contributed by atoms with Gasteiger partial charge in [0.2, 0.25) is 0 Å². The summed E-state index contributed by atoms with van der Waals surface area (Å²) >= 11 is 6.32. The van der Waals surface area contributed by atoms with Crippen LogP contribution in [0.1, 0.15) is 41.8 Å². The van der Waals surface area contributed by atoms with E-state index in [0.717, 1.165) is 17.5 Å². The van der Waals surface area contributed by atoms with Crippen LogP contribution in [0.2, 0.25) is 5.02 Å². The van der Waals surface area contributed by atoms with E-state index in [1.54, 1.807) is 36.4 Å². The number of para-hydroxylation sites is 1. The molecule has 2 N–H and O–H groups in total. The molecule has 4 nitrogen and oxygen atoms in total. The Bertz CT molecular complexity index is 1090. The van der Waals surface area contributed by atoms with Crippen LogP contribution in [-0.4, -0.2) is 17.9 Å². The molecule has 0 heterocycles. The van der Waals surface area contributed by atoms with Crippen LogP contribution in [0.15, 0.2) is 78.9 Å². The molecule has 3 aromatic carbocycles. The fraction of sp³-hybridized carbons (Fsp3) is 0.154. The summed E-state index contributed by atoms with van der Waals surface area (Å²) in [4.78, 5) is 26.0. The van der Waals surface area contributed by atoms with E-state index in [1.165, 1.54) is 0 Å². The lowest BCUT2D eigenvalue weighted by molar-refractivity contribution is -0.111. The van der Waals surface area contributed by atoms with Crippen LogP contribution in [0.3, 0.4) is 0 Å². The van der Waals surface area contributed by atoms with Crippen LogP contribution in [0.4, 0.5) is 5.69 Å². The van der Waals surface area contributed by atoms with Crippen molar-refractivity contribution in [1.29, 1.82) is 0 Å². The molecule has 2 amide bonds. The molecule has 31 heavy (non-hydrogen) atoms. The molecule has 0 bridgehead atoms. The predicted octanol–water partition coefficient (Wildman–Crippen LogP) is 6.05. The molecule has 1 atom stereocenters. The van der Waals surface area contributed by atoms with Crippen molar-refractivity contribution in [3.63, 3.8) is 0 Å². The van der Waals surface area contributed by atoms with Gasteiger partial charge >= 0.3 is 0 Å². The molecular formula is C26H25ClN2O2. The zero-order chi connectivity index (χ0) is 22.2. The first-order valence-electron chi connectivity index (χ1n) is 10.2. The quantitative estimate of drug-likeness (QED) is 0.353. The Morgan fingerprint density at radius 1 is 0.935 bits per heavy atom. The Kier molecular flexibility index (Phi) is 7.63. The van der Waals surface area contributed by atoms with Crippen LogP contribution < -0.4 is 10.6 Å². The Hall–Kier alpha value is -3.37. The third kappa shape index (κ3) is 5.83. The molecule has 0 aromatic heterocycles. The van der Waals surface area contributed by atoms with Crippen LogP contribution in [0.5, 0.6) is 0 Å². The molecule has 3 rings (SSSR count). The first-order chi connectivity index (χ1) is 15.0. The molecule has 0 aliphatic heterocycles. The van der Waals surface area contributed by atoms with Crippen molar-refractivity contribution in [2.45, 2.75) is 26.3 Å². The van der Waals surface area contributed by atoms with Gasteiger partial charge in [-0.1, -0.05) is 79.2 Å². The van der Waals surface area contributed by atoms with Crippen molar-refractivity contribution in [3.8, 4) is 0 Å². The molecule has 158 valence electrons. The minimum atomic E-state index is -0.324. The number of hydrogen-bond donors (Lipinski definition) is 2. The van der Waals surface area contributed by atoms with Gasteiger partial charge in [0, 0.05) is 16.6 Å². The number of benzene rings is 3. The number of nitrogens with one attached hydrogen (secondary N) is 2. The zero-order valence-electron chi connectivity index (χ0n) is 17.6. The van der Waals surface area contributed by atoms with E-state index in [4.69, 9.17) is 11.6 Å². The number of carbonyl (C=O) groups is 2. The molecule has 0 aliphatic rings. The largest absolute Gasteiger partial charge is 0.350 e. The van der Waals surface area contributed by atoms with Crippen LogP contribution in [0, 0.1) is 0 Å². The van der Waals surface area contributed by atoms with E-state index < -0.39 is 0 Å². The summed E-state index contributed by atoms with van der Waals surface area (Å²) in [6.45, 7) is 3.95. The standard InChI is InChI=1S/C26H25ClN2O2/c1-3-18(2)28-25(30)21-14-8-10-16-24(21)29-26(31)22(19-11-5-4-6-12-19)17-20-13-7-9-15-23(20)27/h4-18H,3H2,1-2H3,(H,28,30)(H,29,31)/b22-17+/t18-/m1/s1. The molecular weight excluding hydrogens is 408 g/mol. The number of carbonyl (C=O) groups excluding carboxylic acids is 2. The van der Waals surface area contributed by atoms with Gasteiger partial charge in [0.15, 0.2) is 0 Å². The molecule has 0 saturated heterocycles. The molecule has 0 aliphatic carbocycles. The van der Waals surface area contributed by atoms with Crippen molar-refractivity contribution in [2.75, 3.05) is 5.32 Å². The molecule has 0 radical (unpaired) electrons. The van der Waals surface area contributed by atoms with Gasteiger partial charge in [-0.25, -0.2) is 0 Å². The Labute approximate surface area is 188 Å². The molecule has 0 unspecified atom stereocenters. The predicted molar refractivity (Wildman–Crippen MR) is 128 cm³/mol. The summed E-state index contributed by atoms with van der Waals surface area (Å²) in [5.41, 5.74) is 2.81. The van der Waals surface area contributed by atoms with Gasteiger partial charge < -0.3 is 10.6 Å². The third-order valence-corrected chi connectivity index (χ3v) is 5.29. The second-order valence-corrected chi connectivity index (χ2v) is 7.64. The maximum absolute atomic E-state index is 13.3. The average Bonchev–Trinajstić information content (AvgIpc) is 2.79. The summed E-state index contributed by atoms with van der Waals surface area (Å²) in [6.07, 6.45) is 2.58. The summed E-state index contributed by atoms with van der Waals surface area (Å²) < 4.78 is 0. The van der Waals surface area contributed by atoms with Gasteiger partial charge in [-0.3, -0.25) is 9.59 Å². The lowest BCUT2D eigenvalue weighted by atomic mass is 10.0. The van der Waals surface area contributed by atoms with Gasteiger partial charge in [-0.2, -0.15) is 0 Å². The Morgan fingerprint density at radius 2 is 1.58 bits per heavy atom. The van der Waals surface area contributed by atoms with Crippen molar-refractivity contribution in [1.82, 2.24) is 5.32 Å². The van der Waals surface area contributed by atoms with Gasteiger partial charge in [0.05, 0.1) is 11.3 Å². The Balaban J connectivity index is 1.96. The first kappa shape index (κ1) is 22.3. The minimum Gasteiger partial charge on any atom is -0.350 e. The zero-order valence-corrected chi connectivity index (χ0v) is 18.3. The summed E-state index contributed by atoms with van der Waals surface area (Å²) in [5.74, 6) is -0.545. The minimum absolute atomic E-state index is 0.0382. The monoisotopic (exact) mass is 432 g/mol. The van der Waals surface area contributed by atoms with E-state index in [1.807, 2.05) is 62.4 Å². The van der Waals surface area contributed by atoms with Gasteiger partial charge in [-0.15, -0.1) is 0 Å². The fourth-order valence-corrected chi connectivity index (χ4v) is 3.22. The Morgan fingerprint density at radius 3 is 2.29 bits per heavy atom. The van der Waals surface area contributed by atoms with E-state index in [0.29, 0.717) is 21.8 Å². The highest BCUT2D eigenvalue weighted by atomic mass is 35.5. The van der Waals surface area contributed by atoms with E-state index in [2.05, 4.69) is 10.6 Å². The maximum Gasteiger partial charge on any atom is 0.256 e. The second kappa shape index (κ2) is 10.6. The van der Waals surface area contributed by atoms with Crippen LogP contribution in [0.25, 0.3) is 11.6 Å².